The van der Waals surface area contributed by atoms with Crippen molar-refractivity contribution in [3.8, 4) is 0 Å². The van der Waals surface area contributed by atoms with Crippen LogP contribution in [0.5, 0.6) is 0 Å². The molecular weight excluding hydrogens is 226 g/mol. The number of nitrogens with one attached hydrogen (secondary N) is 1. The van der Waals surface area contributed by atoms with Crippen molar-refractivity contribution in [1.82, 2.24) is 5.32 Å². The number of benzene rings is 1. The summed E-state index contributed by atoms with van der Waals surface area (Å²) in [6.45, 7) is 0.572. The third-order valence-corrected chi connectivity index (χ3v) is 3.28. The summed E-state index contributed by atoms with van der Waals surface area (Å²) in [5, 5.41) is 12.0. The molecule has 2 N–H and O–H groups in total. The lowest BCUT2D eigenvalue weighted by molar-refractivity contribution is -0.125. The standard InChI is InChI=1S/C15H19NO2/c17-11-13-6-4-5-12(9-13)10-16-15(18)14-7-2-1-3-8-14/h1-2,4-6,9,14,17H,3,7-8,10-11H2,(H,16,18). The van der Waals surface area contributed by atoms with Crippen molar-refractivity contribution in [3.05, 3.63) is 47.5 Å². The minimum Gasteiger partial charge on any atom is -0.392 e. The van der Waals surface area contributed by atoms with Gasteiger partial charge < -0.3 is 10.4 Å². The zero-order valence-corrected chi connectivity index (χ0v) is 10.4. The van der Waals surface area contributed by atoms with Crippen molar-refractivity contribution in [1.29, 1.82) is 0 Å². The van der Waals surface area contributed by atoms with E-state index < -0.39 is 0 Å². The smallest absolute Gasteiger partial charge is 0.223 e. The van der Waals surface area contributed by atoms with E-state index in [2.05, 4.69) is 17.5 Å². The monoisotopic (exact) mass is 245 g/mol. The van der Waals surface area contributed by atoms with Crippen molar-refractivity contribution in [3.63, 3.8) is 0 Å². The van der Waals surface area contributed by atoms with E-state index >= 15 is 0 Å². The minimum absolute atomic E-state index is 0.0369. The van der Waals surface area contributed by atoms with E-state index in [0.29, 0.717) is 6.54 Å². The van der Waals surface area contributed by atoms with Crippen LogP contribution >= 0.6 is 0 Å². The maximum Gasteiger partial charge on any atom is 0.223 e. The molecule has 3 heteroatoms. The molecular formula is C15H19NO2. The third-order valence-electron chi connectivity index (χ3n) is 3.28. The van der Waals surface area contributed by atoms with Gasteiger partial charge in [-0.2, -0.15) is 0 Å². The second kappa shape index (κ2) is 6.36. The zero-order chi connectivity index (χ0) is 12.8. The van der Waals surface area contributed by atoms with Crippen LogP contribution in [0, 0.1) is 5.92 Å². The second-order valence-corrected chi connectivity index (χ2v) is 4.68. The molecule has 0 fully saturated rings. The highest BCUT2D eigenvalue weighted by Crippen LogP contribution is 2.18. The molecule has 1 aliphatic carbocycles. The van der Waals surface area contributed by atoms with Gasteiger partial charge in [0.2, 0.25) is 5.91 Å². The number of hydrogen-bond acceptors (Lipinski definition) is 2. The van der Waals surface area contributed by atoms with E-state index in [1.807, 2.05) is 24.3 Å². The highest BCUT2D eigenvalue weighted by atomic mass is 16.3. The van der Waals surface area contributed by atoms with Crippen LogP contribution in [0.25, 0.3) is 0 Å². The molecule has 0 aromatic heterocycles. The Kier molecular flexibility index (Phi) is 4.53. The first-order chi connectivity index (χ1) is 8.79. The van der Waals surface area contributed by atoms with Crippen molar-refractivity contribution in [2.75, 3.05) is 0 Å². The topological polar surface area (TPSA) is 49.3 Å². The lowest BCUT2D eigenvalue weighted by Gasteiger charge is -2.17. The minimum atomic E-state index is 0.0369. The molecule has 1 unspecified atom stereocenters. The van der Waals surface area contributed by atoms with Gasteiger partial charge >= 0.3 is 0 Å². The first-order valence-corrected chi connectivity index (χ1v) is 6.41. The summed E-state index contributed by atoms with van der Waals surface area (Å²) < 4.78 is 0. The molecule has 96 valence electrons. The van der Waals surface area contributed by atoms with Crippen LogP contribution in [0.1, 0.15) is 30.4 Å². The average molecular weight is 245 g/mol. The Morgan fingerprint density at radius 2 is 2.17 bits per heavy atom. The van der Waals surface area contributed by atoms with Gasteiger partial charge in [0.05, 0.1) is 6.61 Å². The SMILES string of the molecule is O=C(NCc1cccc(CO)c1)C1CC=CCC1. The number of hydrogen-bond donors (Lipinski definition) is 2. The van der Waals surface area contributed by atoms with Gasteiger partial charge in [-0.25, -0.2) is 0 Å². The molecule has 1 aliphatic rings. The fourth-order valence-electron chi connectivity index (χ4n) is 2.20. The molecule has 0 heterocycles. The third kappa shape index (κ3) is 3.44. The molecule has 0 saturated carbocycles. The summed E-state index contributed by atoms with van der Waals surface area (Å²) in [6.07, 6.45) is 7.01. The van der Waals surface area contributed by atoms with Crippen LogP contribution in [-0.2, 0) is 17.9 Å². The number of amides is 1. The molecule has 1 aromatic carbocycles. The van der Waals surface area contributed by atoms with Gasteiger partial charge in [-0.15, -0.1) is 0 Å². The van der Waals surface area contributed by atoms with E-state index in [1.165, 1.54) is 0 Å². The van der Waals surface area contributed by atoms with Crippen molar-refractivity contribution in [2.45, 2.75) is 32.4 Å². The number of carbonyl (C=O) groups excluding carboxylic acids is 1. The normalized spacial score (nSPS) is 18.6. The van der Waals surface area contributed by atoms with Crippen LogP contribution < -0.4 is 5.32 Å². The van der Waals surface area contributed by atoms with Gasteiger partial charge in [-0.05, 0) is 30.4 Å². The van der Waals surface area contributed by atoms with Gasteiger partial charge in [0.1, 0.15) is 0 Å². The van der Waals surface area contributed by atoms with Crippen molar-refractivity contribution < 1.29 is 9.90 Å². The first kappa shape index (κ1) is 12.8. The van der Waals surface area contributed by atoms with Crippen LogP contribution in [-0.4, -0.2) is 11.0 Å². The summed E-state index contributed by atoms with van der Waals surface area (Å²) in [6, 6.07) is 7.65. The van der Waals surface area contributed by atoms with Crippen LogP contribution in [0.2, 0.25) is 0 Å². The molecule has 1 amide bonds. The Morgan fingerprint density at radius 3 is 2.89 bits per heavy atom. The van der Waals surface area contributed by atoms with E-state index in [4.69, 9.17) is 5.11 Å². The summed E-state index contributed by atoms with van der Waals surface area (Å²) in [5.41, 5.74) is 1.91. The average Bonchev–Trinajstić information content (AvgIpc) is 2.46. The Balaban J connectivity index is 1.86. The molecule has 3 nitrogen and oxygen atoms in total. The van der Waals surface area contributed by atoms with E-state index in [0.717, 1.165) is 30.4 Å². The molecule has 1 aromatic rings. The van der Waals surface area contributed by atoms with E-state index in [-0.39, 0.29) is 18.4 Å². The Hall–Kier alpha value is -1.61. The van der Waals surface area contributed by atoms with Gasteiger partial charge in [0.15, 0.2) is 0 Å². The molecule has 18 heavy (non-hydrogen) atoms. The fraction of sp³-hybridized carbons (Fsp3) is 0.400. The molecule has 0 spiro atoms. The number of aliphatic hydroxyl groups is 1. The molecule has 0 aliphatic heterocycles. The molecule has 1 atom stereocenters. The number of aliphatic hydroxyl groups excluding tert-OH is 1. The summed E-state index contributed by atoms with van der Waals surface area (Å²) in [4.78, 5) is 11.9. The van der Waals surface area contributed by atoms with Gasteiger partial charge in [-0.1, -0.05) is 36.4 Å². The highest BCUT2D eigenvalue weighted by Gasteiger charge is 2.17. The van der Waals surface area contributed by atoms with Crippen molar-refractivity contribution in [2.24, 2.45) is 5.92 Å². The lowest BCUT2D eigenvalue weighted by Crippen LogP contribution is -2.30. The van der Waals surface area contributed by atoms with E-state index in [1.54, 1.807) is 0 Å². The predicted octanol–water partition coefficient (Wildman–Crippen LogP) is 2.15. The first-order valence-electron chi connectivity index (χ1n) is 6.41. The number of carbonyl (C=O) groups is 1. The Labute approximate surface area is 108 Å². The van der Waals surface area contributed by atoms with Crippen LogP contribution in [0.4, 0.5) is 0 Å². The second-order valence-electron chi connectivity index (χ2n) is 4.68. The molecule has 2 rings (SSSR count). The number of allylic oxidation sites excluding steroid dienone is 2. The van der Waals surface area contributed by atoms with Crippen LogP contribution in [0.15, 0.2) is 36.4 Å². The van der Waals surface area contributed by atoms with E-state index in [9.17, 15) is 4.79 Å². The van der Waals surface area contributed by atoms with Gasteiger partial charge in [0.25, 0.3) is 0 Å². The fourth-order valence-corrected chi connectivity index (χ4v) is 2.20. The van der Waals surface area contributed by atoms with Crippen LogP contribution in [0.3, 0.4) is 0 Å². The highest BCUT2D eigenvalue weighted by molar-refractivity contribution is 5.78. The largest absolute Gasteiger partial charge is 0.392 e. The quantitative estimate of drug-likeness (QED) is 0.799. The van der Waals surface area contributed by atoms with Crippen molar-refractivity contribution >= 4 is 5.91 Å². The van der Waals surface area contributed by atoms with Gasteiger partial charge in [0, 0.05) is 12.5 Å². The maximum absolute atomic E-state index is 11.9. The number of rotatable bonds is 4. The summed E-state index contributed by atoms with van der Waals surface area (Å²) in [5.74, 6) is 0.254. The molecule has 0 bridgehead atoms. The maximum atomic E-state index is 11.9. The molecule has 0 saturated heterocycles. The Morgan fingerprint density at radius 1 is 1.33 bits per heavy atom. The van der Waals surface area contributed by atoms with Gasteiger partial charge in [-0.3, -0.25) is 4.79 Å². The Bertz CT molecular complexity index is 440. The summed E-state index contributed by atoms with van der Waals surface area (Å²) >= 11 is 0. The summed E-state index contributed by atoms with van der Waals surface area (Å²) in [7, 11) is 0. The zero-order valence-electron chi connectivity index (χ0n) is 10.4. The predicted molar refractivity (Wildman–Crippen MR) is 70.7 cm³/mol. The molecule has 0 radical (unpaired) electrons. The lowest BCUT2D eigenvalue weighted by atomic mass is 9.93.